The third kappa shape index (κ3) is 4.28. The van der Waals surface area contributed by atoms with Crippen LogP contribution in [-0.4, -0.2) is 49.6 Å². The van der Waals surface area contributed by atoms with Gasteiger partial charge in [0.05, 0.1) is 16.8 Å². The van der Waals surface area contributed by atoms with E-state index in [0.29, 0.717) is 29.5 Å². The fourth-order valence-corrected chi connectivity index (χ4v) is 3.70. The van der Waals surface area contributed by atoms with Crippen LogP contribution in [-0.2, 0) is 0 Å². The number of hydrogen-bond donors (Lipinski definition) is 0. The van der Waals surface area contributed by atoms with Crippen molar-refractivity contribution in [2.75, 3.05) is 38.7 Å². The summed E-state index contributed by atoms with van der Waals surface area (Å²) >= 11 is 1.28. The molecule has 3 rings (SSSR count). The molecule has 0 aliphatic carbocycles. The Kier molecular flexibility index (Phi) is 6.21. The number of nitrogens with zero attached hydrogens (tertiary/aromatic N) is 3. The van der Waals surface area contributed by atoms with Gasteiger partial charge in [-0.1, -0.05) is 17.4 Å². The number of benzene rings is 2. The first-order valence-electron chi connectivity index (χ1n) is 8.84. The second-order valence-electron chi connectivity index (χ2n) is 6.42. The standard InChI is InChI=1S/C20H21F2N3O2S/c1-4-27-13-8-9-16-17(12-13)28-20(23-16)25(11-10-24(2)3)19(26)18-14(21)6-5-7-15(18)22/h5-9,12H,4,10-11H2,1-3H3. The molecule has 148 valence electrons. The van der Waals surface area contributed by atoms with Crippen molar-refractivity contribution in [3.8, 4) is 5.75 Å². The molecule has 1 heterocycles. The minimum atomic E-state index is -0.889. The number of aromatic nitrogens is 1. The molecule has 0 fully saturated rings. The van der Waals surface area contributed by atoms with Crippen molar-refractivity contribution >= 4 is 32.6 Å². The predicted molar refractivity (Wildman–Crippen MR) is 107 cm³/mol. The van der Waals surface area contributed by atoms with Gasteiger partial charge < -0.3 is 9.64 Å². The van der Waals surface area contributed by atoms with Crippen LogP contribution in [0.5, 0.6) is 5.75 Å². The number of anilines is 1. The summed E-state index contributed by atoms with van der Waals surface area (Å²) in [5, 5.41) is 0.387. The van der Waals surface area contributed by atoms with Crippen LogP contribution < -0.4 is 9.64 Å². The molecule has 0 aliphatic heterocycles. The van der Waals surface area contributed by atoms with E-state index in [0.717, 1.165) is 16.8 Å². The van der Waals surface area contributed by atoms with E-state index in [1.165, 1.54) is 22.3 Å². The number of fused-ring (bicyclic) bond motifs is 1. The zero-order chi connectivity index (χ0) is 20.3. The molecule has 5 nitrogen and oxygen atoms in total. The Labute approximate surface area is 166 Å². The smallest absolute Gasteiger partial charge is 0.266 e. The Morgan fingerprint density at radius 3 is 2.50 bits per heavy atom. The van der Waals surface area contributed by atoms with Gasteiger partial charge >= 0.3 is 0 Å². The van der Waals surface area contributed by atoms with Gasteiger partial charge in [-0.05, 0) is 51.4 Å². The Hall–Kier alpha value is -2.58. The highest BCUT2D eigenvalue weighted by Crippen LogP contribution is 2.32. The van der Waals surface area contributed by atoms with Gasteiger partial charge in [0.2, 0.25) is 0 Å². The highest BCUT2D eigenvalue weighted by Gasteiger charge is 2.26. The second-order valence-corrected chi connectivity index (χ2v) is 7.42. The SMILES string of the molecule is CCOc1ccc2nc(N(CCN(C)C)C(=O)c3c(F)cccc3F)sc2c1. The fraction of sp³-hybridized carbons (Fsp3) is 0.300. The molecular formula is C20H21F2N3O2S. The number of hydrogen-bond acceptors (Lipinski definition) is 5. The third-order valence-electron chi connectivity index (χ3n) is 4.08. The van der Waals surface area contributed by atoms with Crippen LogP contribution in [0.25, 0.3) is 10.2 Å². The number of carbonyl (C=O) groups excluding carboxylic acids is 1. The van der Waals surface area contributed by atoms with E-state index in [2.05, 4.69) is 4.98 Å². The summed E-state index contributed by atoms with van der Waals surface area (Å²) in [6.45, 7) is 3.20. The molecule has 0 saturated heterocycles. The first kappa shape index (κ1) is 20.2. The average Bonchev–Trinajstić information content (AvgIpc) is 3.04. The van der Waals surface area contributed by atoms with E-state index in [-0.39, 0.29) is 6.54 Å². The van der Waals surface area contributed by atoms with Crippen LogP contribution in [0.4, 0.5) is 13.9 Å². The van der Waals surface area contributed by atoms with Crippen molar-refractivity contribution in [1.29, 1.82) is 0 Å². The summed E-state index contributed by atoms with van der Waals surface area (Å²) in [7, 11) is 3.72. The molecule has 0 atom stereocenters. The maximum absolute atomic E-state index is 14.2. The minimum Gasteiger partial charge on any atom is -0.494 e. The molecular weight excluding hydrogens is 384 g/mol. The second kappa shape index (κ2) is 8.62. The molecule has 3 aromatic rings. The van der Waals surface area contributed by atoms with E-state index in [9.17, 15) is 13.6 Å². The van der Waals surface area contributed by atoms with Crippen molar-refractivity contribution in [3.63, 3.8) is 0 Å². The molecule has 2 aromatic carbocycles. The van der Waals surface area contributed by atoms with Crippen molar-refractivity contribution in [2.24, 2.45) is 0 Å². The summed E-state index contributed by atoms with van der Waals surface area (Å²) < 4.78 is 34.7. The minimum absolute atomic E-state index is 0.248. The van der Waals surface area contributed by atoms with Gasteiger partial charge in [0.15, 0.2) is 5.13 Å². The van der Waals surface area contributed by atoms with Crippen molar-refractivity contribution in [3.05, 3.63) is 53.6 Å². The van der Waals surface area contributed by atoms with E-state index in [1.807, 2.05) is 32.0 Å². The maximum Gasteiger partial charge on any atom is 0.266 e. The lowest BCUT2D eigenvalue weighted by atomic mass is 10.1. The summed E-state index contributed by atoms with van der Waals surface area (Å²) in [6.07, 6.45) is 0. The van der Waals surface area contributed by atoms with E-state index in [1.54, 1.807) is 12.1 Å². The highest BCUT2D eigenvalue weighted by molar-refractivity contribution is 7.22. The lowest BCUT2D eigenvalue weighted by molar-refractivity contribution is 0.0977. The molecule has 1 amide bonds. The summed E-state index contributed by atoms with van der Waals surface area (Å²) in [6, 6.07) is 8.84. The van der Waals surface area contributed by atoms with Crippen LogP contribution in [0.2, 0.25) is 0 Å². The number of thiazole rings is 1. The number of ether oxygens (including phenoxy) is 1. The third-order valence-corrected chi connectivity index (χ3v) is 5.12. The van der Waals surface area contributed by atoms with Crippen molar-refractivity contribution in [2.45, 2.75) is 6.92 Å². The Morgan fingerprint density at radius 1 is 1.14 bits per heavy atom. The Balaban J connectivity index is 2.02. The van der Waals surface area contributed by atoms with Gasteiger partial charge in [-0.15, -0.1) is 0 Å². The van der Waals surface area contributed by atoms with Gasteiger partial charge in [0.1, 0.15) is 22.9 Å². The monoisotopic (exact) mass is 405 g/mol. The molecule has 8 heteroatoms. The lowest BCUT2D eigenvalue weighted by Crippen LogP contribution is -2.37. The number of carbonyl (C=O) groups is 1. The summed E-state index contributed by atoms with van der Waals surface area (Å²) in [5.41, 5.74) is 0.121. The quantitative estimate of drug-likeness (QED) is 0.592. The topological polar surface area (TPSA) is 45.7 Å². The van der Waals surface area contributed by atoms with Gasteiger partial charge in [-0.3, -0.25) is 9.69 Å². The molecule has 0 unspecified atom stereocenters. The number of halogens is 2. The zero-order valence-electron chi connectivity index (χ0n) is 15.9. The Bertz CT molecular complexity index is 970. The molecule has 1 aromatic heterocycles. The van der Waals surface area contributed by atoms with Crippen LogP contribution in [0, 0.1) is 11.6 Å². The van der Waals surface area contributed by atoms with E-state index >= 15 is 0 Å². The van der Waals surface area contributed by atoms with Crippen LogP contribution in [0.3, 0.4) is 0 Å². The predicted octanol–water partition coefficient (Wildman–Crippen LogP) is 4.18. The molecule has 0 saturated carbocycles. The van der Waals surface area contributed by atoms with Gasteiger partial charge in [-0.25, -0.2) is 13.8 Å². The van der Waals surface area contributed by atoms with Gasteiger partial charge in [0, 0.05) is 13.1 Å². The lowest BCUT2D eigenvalue weighted by Gasteiger charge is -2.22. The molecule has 0 spiro atoms. The maximum atomic E-state index is 14.2. The van der Waals surface area contributed by atoms with Crippen LogP contribution in [0.1, 0.15) is 17.3 Å². The van der Waals surface area contributed by atoms with Crippen molar-refractivity contribution in [1.82, 2.24) is 9.88 Å². The number of likely N-dealkylation sites (N-methyl/N-ethyl adjacent to an activating group) is 1. The fourth-order valence-electron chi connectivity index (χ4n) is 2.69. The van der Waals surface area contributed by atoms with E-state index < -0.39 is 23.1 Å². The Morgan fingerprint density at radius 2 is 1.86 bits per heavy atom. The zero-order valence-corrected chi connectivity index (χ0v) is 16.7. The van der Waals surface area contributed by atoms with Crippen LogP contribution in [0.15, 0.2) is 36.4 Å². The van der Waals surface area contributed by atoms with Gasteiger partial charge in [-0.2, -0.15) is 0 Å². The highest BCUT2D eigenvalue weighted by atomic mass is 32.1. The first-order chi connectivity index (χ1) is 13.4. The largest absolute Gasteiger partial charge is 0.494 e. The molecule has 0 aliphatic rings. The molecule has 0 N–H and O–H groups in total. The van der Waals surface area contributed by atoms with E-state index in [4.69, 9.17) is 4.74 Å². The molecule has 28 heavy (non-hydrogen) atoms. The number of rotatable bonds is 7. The molecule has 0 bridgehead atoms. The van der Waals surface area contributed by atoms with Gasteiger partial charge in [0.25, 0.3) is 5.91 Å². The van der Waals surface area contributed by atoms with Crippen LogP contribution >= 0.6 is 11.3 Å². The average molecular weight is 405 g/mol. The summed E-state index contributed by atoms with van der Waals surface area (Å²) in [5.74, 6) is -1.82. The van der Waals surface area contributed by atoms with Crippen molar-refractivity contribution < 1.29 is 18.3 Å². The molecule has 0 radical (unpaired) electrons. The number of amides is 1. The summed E-state index contributed by atoms with van der Waals surface area (Å²) in [4.78, 5) is 20.7. The first-order valence-corrected chi connectivity index (χ1v) is 9.66. The normalized spacial score (nSPS) is 11.2.